The summed E-state index contributed by atoms with van der Waals surface area (Å²) in [6, 6.07) is 8.70. The Morgan fingerprint density at radius 1 is 1.23 bits per heavy atom. The van der Waals surface area contributed by atoms with Crippen molar-refractivity contribution >= 4 is 40.7 Å². The van der Waals surface area contributed by atoms with Gasteiger partial charge in [0.2, 0.25) is 5.95 Å². The van der Waals surface area contributed by atoms with Crippen LogP contribution in [0.2, 0.25) is 5.02 Å². The molecular formula is C24H29ClF3N5OS. The molecule has 3 heterocycles. The van der Waals surface area contributed by atoms with E-state index >= 15 is 0 Å². The lowest BCUT2D eigenvalue weighted by Crippen LogP contribution is -2.45. The highest BCUT2D eigenvalue weighted by atomic mass is 35.5. The first kappa shape index (κ1) is 25.9. The largest absolute Gasteiger partial charge is 0.433 e. The minimum atomic E-state index is -4.59. The zero-order valence-corrected chi connectivity index (χ0v) is 21.1. The Hall–Kier alpha value is -2.17. The number of alkyl halides is 3. The molecule has 2 saturated heterocycles. The Balaban J connectivity index is 1.50. The van der Waals surface area contributed by atoms with Gasteiger partial charge in [0.1, 0.15) is 5.82 Å². The van der Waals surface area contributed by atoms with Crippen LogP contribution in [0, 0.1) is 5.92 Å². The van der Waals surface area contributed by atoms with Gasteiger partial charge in [-0.2, -0.15) is 18.2 Å². The molecule has 0 spiro atoms. The molecule has 2 fully saturated rings. The highest BCUT2D eigenvalue weighted by Crippen LogP contribution is 2.35. The van der Waals surface area contributed by atoms with Crippen LogP contribution in [-0.2, 0) is 16.3 Å². The first-order chi connectivity index (χ1) is 16.6. The van der Waals surface area contributed by atoms with Crippen LogP contribution in [0.1, 0.15) is 43.9 Å². The molecule has 2 aromatic rings. The quantitative estimate of drug-likeness (QED) is 0.503. The number of thiocarbonyl (C=S) groups is 1. The smallest absolute Gasteiger partial charge is 0.381 e. The maximum atomic E-state index is 13.6. The molecular weight excluding hydrogens is 499 g/mol. The molecule has 2 aliphatic heterocycles. The minimum Gasteiger partial charge on any atom is -0.381 e. The van der Waals surface area contributed by atoms with Crippen LogP contribution in [0.25, 0.3) is 0 Å². The van der Waals surface area contributed by atoms with Crippen molar-refractivity contribution in [2.45, 2.75) is 44.2 Å². The lowest BCUT2D eigenvalue weighted by molar-refractivity contribution is -0.141. The van der Waals surface area contributed by atoms with Gasteiger partial charge in [0, 0.05) is 49.4 Å². The first-order valence-corrected chi connectivity index (χ1v) is 12.5. The highest BCUT2D eigenvalue weighted by molar-refractivity contribution is 7.80. The summed E-state index contributed by atoms with van der Waals surface area (Å²) >= 11 is 11.5. The molecule has 0 amide bonds. The second kappa shape index (κ2) is 10.8. The number of hydrogen-bond acceptors (Lipinski definition) is 5. The van der Waals surface area contributed by atoms with E-state index in [0.29, 0.717) is 43.8 Å². The van der Waals surface area contributed by atoms with E-state index in [0.717, 1.165) is 37.3 Å². The number of anilines is 2. The number of hydrogen-bond donors (Lipinski definition) is 2. The standard InChI is InChI=1S/C24H29ClF3N5OS/c1-16-3-2-10-33(14-16)20-13-19(24(26,27)28)30-21(31-20)32-22(35)29-15-23(8-11-34-12-9-23)17-4-6-18(25)7-5-17/h4-7,13,16H,2-3,8-12,14-15H2,1H3,(H2,29,30,31,32,35)/t16-/m0/s1. The molecule has 0 radical (unpaired) electrons. The number of piperidine rings is 1. The monoisotopic (exact) mass is 527 g/mol. The molecule has 190 valence electrons. The van der Waals surface area contributed by atoms with Gasteiger partial charge in [-0.3, -0.25) is 0 Å². The van der Waals surface area contributed by atoms with Crippen LogP contribution < -0.4 is 15.5 Å². The van der Waals surface area contributed by atoms with Crippen molar-refractivity contribution in [3.05, 3.63) is 46.6 Å². The van der Waals surface area contributed by atoms with Gasteiger partial charge in [0.15, 0.2) is 10.8 Å². The Morgan fingerprint density at radius 2 is 1.94 bits per heavy atom. The van der Waals surface area contributed by atoms with Gasteiger partial charge >= 0.3 is 6.18 Å². The number of ether oxygens (including phenoxy) is 1. The topological polar surface area (TPSA) is 62.3 Å². The Morgan fingerprint density at radius 3 is 2.60 bits per heavy atom. The summed E-state index contributed by atoms with van der Waals surface area (Å²) in [6.07, 6.45) is -1.08. The molecule has 1 atom stereocenters. The maximum Gasteiger partial charge on any atom is 0.433 e. The summed E-state index contributed by atoms with van der Waals surface area (Å²) < 4.78 is 46.3. The Labute approximate surface area is 213 Å². The van der Waals surface area contributed by atoms with Gasteiger partial charge in [-0.05, 0) is 61.5 Å². The molecule has 6 nitrogen and oxygen atoms in total. The van der Waals surface area contributed by atoms with Crippen LogP contribution in [0.5, 0.6) is 0 Å². The SMILES string of the molecule is C[C@H]1CCCN(c2cc(C(F)(F)F)nc(NC(=S)NCC3(c4ccc(Cl)cc4)CCOCC3)n2)C1. The third-order valence-corrected chi connectivity index (χ3v) is 7.20. The Bertz CT molecular complexity index is 1030. The predicted molar refractivity (Wildman–Crippen MR) is 135 cm³/mol. The van der Waals surface area contributed by atoms with Crippen molar-refractivity contribution in [1.82, 2.24) is 15.3 Å². The number of aromatic nitrogens is 2. The zero-order valence-electron chi connectivity index (χ0n) is 19.5. The second-order valence-corrected chi connectivity index (χ2v) is 10.2. The lowest BCUT2D eigenvalue weighted by atomic mass is 9.74. The van der Waals surface area contributed by atoms with Gasteiger partial charge in [0.05, 0.1) is 0 Å². The number of nitrogens with one attached hydrogen (secondary N) is 2. The fourth-order valence-electron chi connectivity index (χ4n) is 4.72. The Kier molecular flexibility index (Phi) is 8.02. The molecule has 0 bridgehead atoms. The van der Waals surface area contributed by atoms with Crippen LogP contribution in [0.15, 0.2) is 30.3 Å². The van der Waals surface area contributed by atoms with Crippen molar-refractivity contribution < 1.29 is 17.9 Å². The van der Waals surface area contributed by atoms with E-state index in [1.807, 2.05) is 29.2 Å². The van der Waals surface area contributed by atoms with Crippen LogP contribution in [-0.4, -0.2) is 47.9 Å². The van der Waals surface area contributed by atoms with Crippen LogP contribution in [0.4, 0.5) is 24.9 Å². The highest BCUT2D eigenvalue weighted by Gasteiger charge is 2.36. The van der Waals surface area contributed by atoms with Gasteiger partial charge < -0.3 is 20.3 Å². The molecule has 1 aromatic heterocycles. The van der Waals surface area contributed by atoms with E-state index < -0.39 is 11.9 Å². The second-order valence-electron chi connectivity index (χ2n) is 9.33. The van der Waals surface area contributed by atoms with Crippen LogP contribution >= 0.6 is 23.8 Å². The molecule has 4 rings (SSSR count). The summed E-state index contributed by atoms with van der Waals surface area (Å²) in [5, 5.41) is 6.78. The fraction of sp³-hybridized carbons (Fsp3) is 0.542. The van der Waals surface area contributed by atoms with Gasteiger partial charge in [-0.25, -0.2) is 4.98 Å². The third kappa shape index (κ3) is 6.54. The summed E-state index contributed by atoms with van der Waals surface area (Å²) in [5.74, 6) is 0.472. The molecule has 0 unspecified atom stereocenters. The zero-order chi connectivity index (χ0) is 25.1. The summed E-state index contributed by atoms with van der Waals surface area (Å²) in [5.41, 5.74) is -0.122. The number of halogens is 4. The molecule has 2 aliphatic rings. The average molecular weight is 528 g/mol. The minimum absolute atomic E-state index is 0.168. The summed E-state index contributed by atoms with van der Waals surface area (Å²) in [4.78, 5) is 9.95. The molecule has 11 heteroatoms. The van der Waals surface area contributed by atoms with Crippen molar-refractivity contribution in [3.8, 4) is 0 Å². The van der Waals surface area contributed by atoms with Crippen LogP contribution in [0.3, 0.4) is 0 Å². The lowest BCUT2D eigenvalue weighted by Gasteiger charge is -2.38. The molecule has 0 saturated carbocycles. The number of nitrogens with zero attached hydrogens (tertiary/aromatic N) is 3. The average Bonchev–Trinajstić information content (AvgIpc) is 2.83. The molecule has 2 N–H and O–H groups in total. The fourth-order valence-corrected chi connectivity index (χ4v) is 5.01. The van der Waals surface area contributed by atoms with E-state index in [-0.39, 0.29) is 22.3 Å². The number of benzene rings is 1. The molecule has 1 aromatic carbocycles. The van der Waals surface area contributed by atoms with Crippen molar-refractivity contribution in [3.63, 3.8) is 0 Å². The van der Waals surface area contributed by atoms with Crippen molar-refractivity contribution in [1.29, 1.82) is 0 Å². The maximum absolute atomic E-state index is 13.6. The molecule has 0 aliphatic carbocycles. The number of rotatable bonds is 5. The van der Waals surface area contributed by atoms with E-state index in [4.69, 9.17) is 28.6 Å². The van der Waals surface area contributed by atoms with E-state index in [1.165, 1.54) is 0 Å². The first-order valence-electron chi connectivity index (χ1n) is 11.7. The van der Waals surface area contributed by atoms with Crippen molar-refractivity contribution in [2.75, 3.05) is 43.1 Å². The normalized spacial score (nSPS) is 20.4. The summed E-state index contributed by atoms with van der Waals surface area (Å²) in [6.45, 7) is 5.11. The van der Waals surface area contributed by atoms with Crippen molar-refractivity contribution in [2.24, 2.45) is 5.92 Å². The third-order valence-electron chi connectivity index (χ3n) is 6.70. The van der Waals surface area contributed by atoms with E-state index in [2.05, 4.69) is 27.5 Å². The van der Waals surface area contributed by atoms with Gasteiger partial charge in [-0.1, -0.05) is 30.7 Å². The van der Waals surface area contributed by atoms with E-state index in [9.17, 15) is 13.2 Å². The molecule has 35 heavy (non-hydrogen) atoms. The summed E-state index contributed by atoms with van der Waals surface area (Å²) in [7, 11) is 0. The van der Waals surface area contributed by atoms with Gasteiger partial charge in [0.25, 0.3) is 0 Å². The predicted octanol–water partition coefficient (Wildman–Crippen LogP) is 5.42. The van der Waals surface area contributed by atoms with E-state index in [1.54, 1.807) is 0 Å². The van der Waals surface area contributed by atoms with Gasteiger partial charge in [-0.15, -0.1) is 0 Å².